The molecule has 2 aromatic rings. The van der Waals surface area contributed by atoms with E-state index in [1.807, 2.05) is 6.07 Å². The summed E-state index contributed by atoms with van der Waals surface area (Å²) in [7, 11) is -3.54. The first kappa shape index (κ1) is 16.1. The Morgan fingerprint density at radius 2 is 2.14 bits per heavy atom. The maximum Gasteiger partial charge on any atom is 0.250 e. The summed E-state index contributed by atoms with van der Waals surface area (Å²) in [5.74, 6) is 0.724. The second-order valence-corrected chi connectivity index (χ2v) is 7.61. The van der Waals surface area contributed by atoms with Gasteiger partial charge in [-0.15, -0.1) is 11.3 Å². The van der Waals surface area contributed by atoms with Gasteiger partial charge in [0.25, 0.3) is 0 Å². The van der Waals surface area contributed by atoms with E-state index in [2.05, 4.69) is 27.1 Å². The summed E-state index contributed by atoms with van der Waals surface area (Å²) in [4.78, 5) is 4.94. The van der Waals surface area contributed by atoms with E-state index in [0.717, 1.165) is 17.8 Å². The monoisotopic (exact) mass is 330 g/mol. The lowest BCUT2D eigenvalue weighted by atomic mass is 10.4. The summed E-state index contributed by atoms with van der Waals surface area (Å²) in [5, 5.41) is 6.89. The quantitative estimate of drug-likeness (QED) is 0.711. The molecule has 0 saturated carbocycles. The third kappa shape index (κ3) is 4.60. The zero-order valence-corrected chi connectivity index (χ0v) is 13.6. The highest BCUT2D eigenvalue weighted by Gasteiger charge is 2.17. The van der Waals surface area contributed by atoms with Gasteiger partial charge in [-0.25, -0.2) is 13.1 Å². The Balaban J connectivity index is 1.95. The maximum absolute atomic E-state index is 12.1. The van der Waals surface area contributed by atoms with Crippen LogP contribution in [-0.2, 0) is 23.1 Å². The summed E-state index contributed by atoms with van der Waals surface area (Å²) < 4.78 is 31.8. The van der Waals surface area contributed by atoms with Crippen molar-refractivity contribution in [1.82, 2.24) is 20.2 Å². The van der Waals surface area contributed by atoms with Gasteiger partial charge < -0.3 is 9.84 Å². The lowest BCUT2D eigenvalue weighted by Gasteiger charge is -2.02. The van der Waals surface area contributed by atoms with Gasteiger partial charge in [0.05, 0.1) is 6.54 Å². The van der Waals surface area contributed by atoms with Crippen molar-refractivity contribution in [2.75, 3.05) is 6.54 Å². The third-order valence-corrected chi connectivity index (χ3v) is 5.60. The van der Waals surface area contributed by atoms with Crippen LogP contribution in [0, 0.1) is 6.92 Å². The molecule has 2 aromatic heterocycles. The predicted molar refractivity (Wildman–Crippen MR) is 79.4 cm³/mol. The Morgan fingerprint density at radius 3 is 2.81 bits per heavy atom. The van der Waals surface area contributed by atoms with Gasteiger partial charge in [0, 0.05) is 18.3 Å². The van der Waals surface area contributed by atoms with E-state index >= 15 is 0 Å². The first-order valence-electron chi connectivity index (χ1n) is 6.59. The summed E-state index contributed by atoms with van der Waals surface area (Å²) in [6, 6.07) is 3.43. The summed E-state index contributed by atoms with van der Waals surface area (Å²) >= 11 is 1.25. The Labute approximate surface area is 127 Å². The van der Waals surface area contributed by atoms with Crippen LogP contribution in [0.4, 0.5) is 0 Å². The predicted octanol–water partition coefficient (Wildman–Crippen LogP) is 1.42. The SMILES string of the molecule is CCCNCc1ccc(S(=O)(=O)NCc2noc(C)n2)s1. The topological polar surface area (TPSA) is 97.1 Å². The fourth-order valence-corrected chi connectivity index (χ4v) is 3.98. The van der Waals surface area contributed by atoms with Crippen LogP contribution in [0.1, 0.15) is 29.9 Å². The largest absolute Gasteiger partial charge is 0.340 e. The lowest BCUT2D eigenvalue weighted by Crippen LogP contribution is -2.23. The van der Waals surface area contributed by atoms with E-state index in [0.29, 0.717) is 18.3 Å². The van der Waals surface area contributed by atoms with E-state index < -0.39 is 10.0 Å². The Hall–Kier alpha value is -1.29. The minimum atomic E-state index is -3.54. The fraction of sp³-hybridized carbons (Fsp3) is 0.500. The van der Waals surface area contributed by atoms with Crippen molar-refractivity contribution >= 4 is 21.4 Å². The molecule has 9 heteroatoms. The van der Waals surface area contributed by atoms with Gasteiger partial charge in [0.1, 0.15) is 4.21 Å². The molecular formula is C12H18N4O3S2. The highest BCUT2D eigenvalue weighted by molar-refractivity contribution is 7.91. The molecule has 0 amide bonds. The van der Waals surface area contributed by atoms with Crippen molar-refractivity contribution in [3.63, 3.8) is 0 Å². The van der Waals surface area contributed by atoms with Crippen molar-refractivity contribution < 1.29 is 12.9 Å². The second-order valence-electron chi connectivity index (χ2n) is 4.45. The minimum absolute atomic E-state index is 0.0149. The van der Waals surface area contributed by atoms with Gasteiger partial charge in [-0.05, 0) is 25.1 Å². The van der Waals surface area contributed by atoms with Crippen LogP contribution in [0.2, 0.25) is 0 Å². The van der Waals surface area contributed by atoms with E-state index in [4.69, 9.17) is 4.52 Å². The van der Waals surface area contributed by atoms with Crippen LogP contribution in [-0.4, -0.2) is 25.1 Å². The van der Waals surface area contributed by atoms with Gasteiger partial charge in [0.15, 0.2) is 5.82 Å². The zero-order chi connectivity index (χ0) is 15.3. The van der Waals surface area contributed by atoms with Crippen molar-refractivity contribution in [2.45, 2.75) is 37.6 Å². The van der Waals surface area contributed by atoms with Crippen LogP contribution in [0.3, 0.4) is 0 Å². The Bertz CT molecular complexity index is 678. The van der Waals surface area contributed by atoms with Gasteiger partial charge in [0.2, 0.25) is 15.9 Å². The first-order chi connectivity index (χ1) is 10.0. The van der Waals surface area contributed by atoms with Crippen molar-refractivity contribution in [2.24, 2.45) is 0 Å². The molecule has 7 nitrogen and oxygen atoms in total. The summed E-state index contributed by atoms with van der Waals surface area (Å²) in [5.41, 5.74) is 0. The standard InChI is InChI=1S/C12H18N4O3S2/c1-3-6-13-7-10-4-5-12(20-10)21(17,18)14-8-11-15-9(2)19-16-11/h4-5,13-14H,3,6-8H2,1-2H3. The van der Waals surface area contributed by atoms with E-state index in [-0.39, 0.29) is 10.8 Å². The molecule has 0 fully saturated rings. The molecule has 0 aliphatic heterocycles. The highest BCUT2D eigenvalue weighted by Crippen LogP contribution is 2.21. The molecule has 2 heterocycles. The molecule has 2 N–H and O–H groups in total. The molecule has 0 aromatic carbocycles. The number of hydrogen-bond acceptors (Lipinski definition) is 7. The average molecular weight is 330 g/mol. The van der Waals surface area contributed by atoms with Crippen LogP contribution >= 0.6 is 11.3 Å². The normalized spacial score (nSPS) is 11.9. The highest BCUT2D eigenvalue weighted by atomic mass is 32.2. The summed E-state index contributed by atoms with van der Waals surface area (Å²) in [6.45, 7) is 5.34. The Morgan fingerprint density at radius 1 is 1.33 bits per heavy atom. The Kier molecular flexibility index (Phi) is 5.45. The second kappa shape index (κ2) is 7.12. The molecule has 0 atom stereocenters. The molecule has 116 valence electrons. The van der Waals surface area contributed by atoms with Gasteiger partial charge in [-0.1, -0.05) is 12.1 Å². The number of nitrogens with zero attached hydrogens (tertiary/aromatic N) is 2. The van der Waals surface area contributed by atoms with E-state index in [1.165, 1.54) is 11.3 Å². The molecule has 0 aliphatic rings. The molecule has 0 radical (unpaired) electrons. The number of hydrogen-bond donors (Lipinski definition) is 2. The lowest BCUT2D eigenvalue weighted by molar-refractivity contribution is 0.387. The summed E-state index contributed by atoms with van der Waals surface area (Å²) in [6.07, 6.45) is 1.04. The van der Waals surface area contributed by atoms with Crippen LogP contribution < -0.4 is 10.0 Å². The minimum Gasteiger partial charge on any atom is -0.340 e. The molecule has 0 saturated heterocycles. The van der Waals surface area contributed by atoms with Gasteiger partial charge >= 0.3 is 0 Å². The first-order valence-corrected chi connectivity index (χ1v) is 8.89. The molecule has 21 heavy (non-hydrogen) atoms. The van der Waals surface area contributed by atoms with E-state index in [1.54, 1.807) is 13.0 Å². The van der Waals surface area contributed by atoms with Crippen molar-refractivity contribution in [3.8, 4) is 0 Å². The molecule has 2 rings (SSSR count). The number of sulfonamides is 1. The number of rotatable bonds is 8. The zero-order valence-electron chi connectivity index (χ0n) is 11.9. The molecule has 0 bridgehead atoms. The smallest absolute Gasteiger partial charge is 0.250 e. The van der Waals surface area contributed by atoms with Crippen LogP contribution in [0.15, 0.2) is 20.9 Å². The molecule has 0 spiro atoms. The number of aryl methyl sites for hydroxylation is 1. The molecule has 0 aliphatic carbocycles. The molecule has 0 unspecified atom stereocenters. The number of nitrogens with one attached hydrogen (secondary N) is 2. The molecular weight excluding hydrogens is 312 g/mol. The van der Waals surface area contributed by atoms with E-state index in [9.17, 15) is 8.42 Å². The average Bonchev–Trinajstić information content (AvgIpc) is 3.06. The van der Waals surface area contributed by atoms with Crippen LogP contribution in [0.25, 0.3) is 0 Å². The van der Waals surface area contributed by atoms with Gasteiger partial charge in [-0.3, -0.25) is 0 Å². The number of aromatic nitrogens is 2. The fourth-order valence-electron chi connectivity index (χ4n) is 1.63. The van der Waals surface area contributed by atoms with Gasteiger partial charge in [-0.2, -0.15) is 4.98 Å². The third-order valence-electron chi connectivity index (χ3n) is 2.62. The van der Waals surface area contributed by atoms with Crippen molar-refractivity contribution in [1.29, 1.82) is 0 Å². The van der Waals surface area contributed by atoms with Crippen LogP contribution in [0.5, 0.6) is 0 Å². The maximum atomic E-state index is 12.1. The van der Waals surface area contributed by atoms with Crippen molar-refractivity contribution in [3.05, 3.63) is 28.7 Å². The number of thiophene rings is 1.